The number of nitrogens with one attached hydrogen (secondary N) is 2. The number of methoxy groups -OCH3 is 1. The minimum absolute atomic E-state index is 0.0653. The van der Waals surface area contributed by atoms with Crippen molar-refractivity contribution in [1.82, 2.24) is 5.32 Å². The van der Waals surface area contributed by atoms with E-state index in [9.17, 15) is 4.79 Å². The van der Waals surface area contributed by atoms with Gasteiger partial charge in [0.1, 0.15) is 11.4 Å². The van der Waals surface area contributed by atoms with E-state index in [0.29, 0.717) is 25.3 Å². The molecule has 0 saturated heterocycles. The summed E-state index contributed by atoms with van der Waals surface area (Å²) < 4.78 is 10.8. The van der Waals surface area contributed by atoms with E-state index in [4.69, 9.17) is 9.47 Å². The van der Waals surface area contributed by atoms with Gasteiger partial charge in [-0.1, -0.05) is 0 Å². The third kappa shape index (κ3) is 3.71. The number of hydrogen-bond acceptors (Lipinski definition) is 5. The first-order valence-electron chi connectivity index (χ1n) is 6.82. The highest BCUT2D eigenvalue weighted by Gasteiger charge is 2.26. The molecular weight excluding hydrogens is 256 g/mol. The number of hydrogen-bond donors (Lipinski definition) is 2. The van der Waals surface area contributed by atoms with Crippen molar-refractivity contribution in [1.29, 1.82) is 0 Å². The number of rotatable bonds is 6. The third-order valence-corrected chi connectivity index (χ3v) is 3.16. The smallest absolute Gasteiger partial charge is 0.176 e. The van der Waals surface area contributed by atoms with Crippen molar-refractivity contribution in [2.45, 2.75) is 19.4 Å². The van der Waals surface area contributed by atoms with Crippen LogP contribution in [0.2, 0.25) is 0 Å². The molecule has 1 heterocycles. The minimum Gasteiger partial charge on any atom is -0.484 e. The summed E-state index contributed by atoms with van der Waals surface area (Å²) in [6.07, 6.45) is 0. The van der Waals surface area contributed by atoms with Crippen molar-refractivity contribution in [2.75, 3.05) is 38.7 Å². The Morgan fingerprint density at radius 2 is 2.30 bits per heavy atom. The molecule has 1 aliphatic rings. The Morgan fingerprint density at radius 1 is 1.50 bits per heavy atom. The van der Waals surface area contributed by atoms with Crippen LogP contribution in [0, 0.1) is 0 Å². The maximum atomic E-state index is 12.0. The summed E-state index contributed by atoms with van der Waals surface area (Å²) >= 11 is 0. The molecule has 20 heavy (non-hydrogen) atoms. The second-order valence-electron chi connectivity index (χ2n) is 5.52. The van der Waals surface area contributed by atoms with Gasteiger partial charge >= 0.3 is 0 Å². The Hall–Kier alpha value is -1.59. The lowest BCUT2D eigenvalue weighted by molar-refractivity contribution is 0.0987. The Bertz CT molecular complexity index is 486. The first-order valence-corrected chi connectivity index (χ1v) is 6.82. The van der Waals surface area contributed by atoms with E-state index in [1.165, 1.54) is 0 Å². The van der Waals surface area contributed by atoms with Crippen LogP contribution in [-0.2, 0) is 4.74 Å². The van der Waals surface area contributed by atoms with Crippen LogP contribution in [0.15, 0.2) is 18.2 Å². The zero-order chi connectivity index (χ0) is 14.6. The van der Waals surface area contributed by atoms with E-state index >= 15 is 0 Å². The molecule has 0 aliphatic carbocycles. The fourth-order valence-electron chi connectivity index (χ4n) is 2.05. The van der Waals surface area contributed by atoms with Gasteiger partial charge < -0.3 is 20.1 Å². The molecule has 0 saturated carbocycles. The second-order valence-corrected chi connectivity index (χ2v) is 5.52. The summed E-state index contributed by atoms with van der Waals surface area (Å²) in [6, 6.07) is 5.51. The van der Waals surface area contributed by atoms with Crippen LogP contribution in [0.4, 0.5) is 5.69 Å². The van der Waals surface area contributed by atoms with Crippen LogP contribution in [0.3, 0.4) is 0 Å². The van der Waals surface area contributed by atoms with Gasteiger partial charge in [-0.05, 0) is 32.0 Å². The lowest BCUT2D eigenvalue weighted by Crippen LogP contribution is -2.40. The first-order chi connectivity index (χ1) is 9.52. The molecule has 0 atom stereocenters. The third-order valence-electron chi connectivity index (χ3n) is 3.16. The molecule has 0 fully saturated rings. The van der Waals surface area contributed by atoms with Crippen LogP contribution in [-0.4, -0.2) is 44.7 Å². The SMILES string of the molecule is COCCNCC(=O)c1ccc2c(c1)NCC(C)(C)O2. The predicted octanol–water partition coefficient (Wildman–Crippen LogP) is 1.69. The quantitative estimate of drug-likeness (QED) is 0.612. The average molecular weight is 278 g/mol. The monoisotopic (exact) mass is 278 g/mol. The molecule has 0 spiro atoms. The molecule has 5 heteroatoms. The van der Waals surface area contributed by atoms with Crippen LogP contribution in [0.5, 0.6) is 5.75 Å². The second kappa shape index (κ2) is 6.24. The molecule has 1 aromatic carbocycles. The molecule has 0 radical (unpaired) electrons. The number of ether oxygens (including phenoxy) is 2. The number of fused-ring (bicyclic) bond motifs is 1. The van der Waals surface area contributed by atoms with Gasteiger partial charge in [-0.15, -0.1) is 0 Å². The van der Waals surface area contributed by atoms with Gasteiger partial charge in [0, 0.05) is 19.2 Å². The zero-order valence-corrected chi connectivity index (χ0v) is 12.3. The van der Waals surface area contributed by atoms with E-state index in [1.54, 1.807) is 7.11 Å². The molecule has 5 nitrogen and oxygen atoms in total. The lowest BCUT2D eigenvalue weighted by Gasteiger charge is -2.33. The standard InChI is InChI=1S/C15H22N2O3/c1-15(2)10-17-12-8-11(4-5-14(12)20-15)13(18)9-16-6-7-19-3/h4-5,8,16-17H,6-7,9-10H2,1-3H3. The summed E-state index contributed by atoms with van der Waals surface area (Å²) in [6.45, 7) is 6.37. The van der Waals surface area contributed by atoms with Crippen molar-refractivity contribution in [3.05, 3.63) is 23.8 Å². The maximum absolute atomic E-state index is 12.0. The summed E-state index contributed by atoms with van der Waals surface area (Å²) in [4.78, 5) is 12.0. The Labute approximate surface area is 119 Å². The van der Waals surface area contributed by atoms with Crippen molar-refractivity contribution in [3.63, 3.8) is 0 Å². The number of benzene rings is 1. The van der Waals surface area contributed by atoms with E-state index < -0.39 is 0 Å². The van der Waals surface area contributed by atoms with Crippen molar-refractivity contribution >= 4 is 11.5 Å². The van der Waals surface area contributed by atoms with Gasteiger partial charge in [-0.25, -0.2) is 0 Å². The van der Waals surface area contributed by atoms with Crippen molar-refractivity contribution in [2.24, 2.45) is 0 Å². The van der Waals surface area contributed by atoms with E-state index in [0.717, 1.165) is 18.0 Å². The summed E-state index contributed by atoms with van der Waals surface area (Å²) in [5.74, 6) is 0.862. The van der Waals surface area contributed by atoms with Crippen LogP contribution >= 0.6 is 0 Å². The Kier molecular flexibility index (Phi) is 4.62. The normalized spacial score (nSPS) is 15.9. The summed E-state index contributed by atoms with van der Waals surface area (Å²) in [7, 11) is 1.64. The Morgan fingerprint density at radius 3 is 3.05 bits per heavy atom. The van der Waals surface area contributed by atoms with Gasteiger partial charge in [0.25, 0.3) is 0 Å². The molecule has 0 aromatic heterocycles. The molecule has 2 N–H and O–H groups in total. The first kappa shape index (κ1) is 14.8. The van der Waals surface area contributed by atoms with E-state index in [2.05, 4.69) is 10.6 Å². The highest BCUT2D eigenvalue weighted by molar-refractivity contribution is 5.98. The minimum atomic E-state index is -0.222. The van der Waals surface area contributed by atoms with Gasteiger partial charge in [0.2, 0.25) is 0 Å². The zero-order valence-electron chi connectivity index (χ0n) is 12.3. The number of anilines is 1. The van der Waals surface area contributed by atoms with Crippen LogP contribution in [0.1, 0.15) is 24.2 Å². The highest BCUT2D eigenvalue weighted by Crippen LogP contribution is 2.33. The van der Waals surface area contributed by atoms with Gasteiger partial charge in [-0.2, -0.15) is 0 Å². The lowest BCUT2D eigenvalue weighted by atomic mass is 10.0. The van der Waals surface area contributed by atoms with E-state index in [1.807, 2.05) is 32.0 Å². The molecular formula is C15H22N2O3. The van der Waals surface area contributed by atoms with Crippen molar-refractivity contribution in [3.8, 4) is 5.75 Å². The highest BCUT2D eigenvalue weighted by atomic mass is 16.5. The number of Topliss-reactive ketones (excluding diaryl/α,β-unsaturated/α-hetero) is 1. The van der Waals surface area contributed by atoms with Gasteiger partial charge in [0.05, 0.1) is 25.4 Å². The summed E-state index contributed by atoms with van der Waals surface area (Å²) in [5.41, 5.74) is 1.34. The predicted molar refractivity (Wildman–Crippen MR) is 78.7 cm³/mol. The van der Waals surface area contributed by atoms with Crippen molar-refractivity contribution < 1.29 is 14.3 Å². The van der Waals surface area contributed by atoms with Crippen LogP contribution < -0.4 is 15.4 Å². The van der Waals surface area contributed by atoms with Gasteiger partial charge in [-0.3, -0.25) is 4.79 Å². The molecule has 1 aliphatic heterocycles. The molecule has 0 bridgehead atoms. The van der Waals surface area contributed by atoms with Crippen LogP contribution in [0.25, 0.3) is 0 Å². The molecule has 0 unspecified atom stereocenters. The molecule has 2 rings (SSSR count). The van der Waals surface area contributed by atoms with Gasteiger partial charge in [0.15, 0.2) is 5.78 Å². The number of carbonyl (C=O) groups is 1. The fourth-order valence-corrected chi connectivity index (χ4v) is 2.05. The molecule has 110 valence electrons. The topological polar surface area (TPSA) is 59.6 Å². The number of carbonyl (C=O) groups excluding carboxylic acids is 1. The summed E-state index contributed by atoms with van der Waals surface area (Å²) in [5, 5.41) is 6.36. The largest absolute Gasteiger partial charge is 0.484 e. The maximum Gasteiger partial charge on any atom is 0.176 e. The van der Waals surface area contributed by atoms with E-state index in [-0.39, 0.29) is 11.4 Å². The molecule has 0 amide bonds. The Balaban J connectivity index is 1.99. The fraction of sp³-hybridized carbons (Fsp3) is 0.533. The average Bonchev–Trinajstić information content (AvgIpc) is 2.42. The molecule has 1 aromatic rings. The number of ketones is 1.